The highest BCUT2D eigenvalue weighted by Gasteiger charge is 2.37. The molecule has 1 amide bonds. The van der Waals surface area contributed by atoms with Crippen LogP contribution in [-0.4, -0.2) is 11.0 Å². The largest absolute Gasteiger partial charge is 0.507 e. The summed E-state index contributed by atoms with van der Waals surface area (Å²) >= 11 is 0. The van der Waals surface area contributed by atoms with E-state index in [1.165, 1.54) is 30.3 Å². The van der Waals surface area contributed by atoms with Gasteiger partial charge in [0.2, 0.25) is 0 Å². The van der Waals surface area contributed by atoms with Crippen LogP contribution < -0.4 is 5.32 Å². The summed E-state index contributed by atoms with van der Waals surface area (Å²) in [5.74, 6) is -1.24. The topological polar surface area (TPSA) is 49.3 Å². The molecule has 3 aromatic carbocycles. The molecule has 0 spiro atoms. The molecular weight excluding hydrogens is 388 g/mol. The summed E-state index contributed by atoms with van der Waals surface area (Å²) in [6.45, 7) is 0. The van der Waals surface area contributed by atoms with Gasteiger partial charge >= 0.3 is 12.4 Å². The maximum atomic E-state index is 13.0. The van der Waals surface area contributed by atoms with Crippen molar-refractivity contribution in [1.29, 1.82) is 0 Å². The molecule has 0 atom stereocenters. The summed E-state index contributed by atoms with van der Waals surface area (Å²) in [4.78, 5) is 12.4. The average molecular weight is 399 g/mol. The highest BCUT2D eigenvalue weighted by atomic mass is 19.4. The number of phenolic OH excluding ortho intramolecular Hbond substituents is 1. The Morgan fingerprint density at radius 2 is 1.32 bits per heavy atom. The van der Waals surface area contributed by atoms with Crippen LogP contribution in [0.1, 0.15) is 21.5 Å². The second kappa shape index (κ2) is 6.74. The van der Waals surface area contributed by atoms with Crippen LogP contribution in [0.4, 0.5) is 32.0 Å². The fourth-order valence-electron chi connectivity index (χ4n) is 2.68. The molecule has 3 aromatic rings. The molecule has 0 heterocycles. The summed E-state index contributed by atoms with van der Waals surface area (Å²) in [6, 6.07) is 9.52. The van der Waals surface area contributed by atoms with E-state index in [0.29, 0.717) is 22.9 Å². The van der Waals surface area contributed by atoms with E-state index in [1.54, 1.807) is 6.07 Å². The minimum absolute atomic E-state index is 0.0489. The summed E-state index contributed by atoms with van der Waals surface area (Å²) in [7, 11) is 0. The van der Waals surface area contributed by atoms with Crippen molar-refractivity contribution in [2.45, 2.75) is 12.4 Å². The predicted octanol–water partition coefficient (Wildman–Crippen LogP) is 5.84. The Bertz CT molecular complexity index is 1020. The Balaban J connectivity index is 2.05. The van der Waals surface area contributed by atoms with Gasteiger partial charge in [-0.15, -0.1) is 0 Å². The number of halogens is 6. The van der Waals surface area contributed by atoms with Crippen LogP contribution in [0.2, 0.25) is 0 Å². The zero-order valence-electron chi connectivity index (χ0n) is 13.8. The Hall–Kier alpha value is -3.23. The molecule has 28 heavy (non-hydrogen) atoms. The maximum Gasteiger partial charge on any atom is 0.416 e. The number of fused-ring (bicyclic) bond motifs is 1. The van der Waals surface area contributed by atoms with Crippen LogP contribution in [0.5, 0.6) is 5.75 Å². The lowest BCUT2D eigenvalue weighted by molar-refractivity contribution is -0.143. The van der Waals surface area contributed by atoms with Gasteiger partial charge in [-0.3, -0.25) is 4.79 Å². The zero-order valence-corrected chi connectivity index (χ0v) is 13.8. The molecule has 146 valence electrons. The van der Waals surface area contributed by atoms with Gasteiger partial charge in [0.05, 0.1) is 11.1 Å². The number of rotatable bonds is 2. The van der Waals surface area contributed by atoms with Crippen LogP contribution >= 0.6 is 0 Å². The molecule has 3 nitrogen and oxygen atoms in total. The number of aromatic hydroxyl groups is 1. The van der Waals surface area contributed by atoms with Crippen molar-refractivity contribution in [1.82, 2.24) is 0 Å². The molecule has 0 fully saturated rings. The first kappa shape index (κ1) is 19.5. The molecule has 0 unspecified atom stereocenters. The first-order valence-electron chi connectivity index (χ1n) is 7.78. The lowest BCUT2D eigenvalue weighted by atomic mass is 10.0. The number of phenols is 1. The third-order valence-electron chi connectivity index (χ3n) is 4.00. The van der Waals surface area contributed by atoms with Gasteiger partial charge in [-0.2, -0.15) is 26.3 Å². The van der Waals surface area contributed by atoms with E-state index >= 15 is 0 Å². The molecule has 0 saturated heterocycles. The molecule has 3 rings (SSSR count). The summed E-state index contributed by atoms with van der Waals surface area (Å²) in [5, 5.41) is 12.9. The Morgan fingerprint density at radius 3 is 1.89 bits per heavy atom. The van der Waals surface area contributed by atoms with Crippen molar-refractivity contribution in [2.75, 3.05) is 5.32 Å². The molecule has 0 aliphatic carbocycles. The van der Waals surface area contributed by atoms with E-state index in [-0.39, 0.29) is 17.5 Å². The molecular formula is C19H11F6NO2. The van der Waals surface area contributed by atoms with Crippen molar-refractivity contribution in [3.63, 3.8) is 0 Å². The van der Waals surface area contributed by atoms with Gasteiger partial charge in [0, 0.05) is 22.0 Å². The summed E-state index contributed by atoms with van der Waals surface area (Å²) in [5.41, 5.74) is -3.82. The standard InChI is InChI=1S/C19H11F6NO2/c20-18(21,22)11-7-10(8-12(9-11)19(23,24)25)17(28)26-15-5-1-4-14-13(15)3-2-6-16(14)27/h1-9,27H,(H,26,28). The van der Waals surface area contributed by atoms with E-state index in [4.69, 9.17) is 0 Å². The molecule has 2 N–H and O–H groups in total. The Kier molecular flexibility index (Phi) is 4.70. The van der Waals surface area contributed by atoms with Gasteiger partial charge in [0.25, 0.3) is 5.91 Å². The quantitative estimate of drug-likeness (QED) is 0.533. The molecule has 0 bridgehead atoms. The Morgan fingerprint density at radius 1 is 0.786 bits per heavy atom. The van der Waals surface area contributed by atoms with Crippen molar-refractivity contribution in [3.05, 3.63) is 71.3 Å². The van der Waals surface area contributed by atoms with E-state index < -0.39 is 35.0 Å². The molecule has 0 aliphatic heterocycles. The summed E-state index contributed by atoms with van der Waals surface area (Å²) in [6.07, 6.45) is -10.1. The van der Waals surface area contributed by atoms with Gasteiger partial charge in [-0.05, 0) is 30.3 Å². The number of alkyl halides is 6. The maximum absolute atomic E-state index is 13.0. The number of amides is 1. The number of hydrogen-bond donors (Lipinski definition) is 2. The van der Waals surface area contributed by atoms with Crippen molar-refractivity contribution in [3.8, 4) is 5.75 Å². The van der Waals surface area contributed by atoms with E-state index in [1.807, 2.05) is 0 Å². The van der Waals surface area contributed by atoms with Crippen LogP contribution in [0, 0.1) is 0 Å². The second-order valence-corrected chi connectivity index (χ2v) is 5.93. The van der Waals surface area contributed by atoms with Crippen LogP contribution in [0.25, 0.3) is 10.8 Å². The third-order valence-corrected chi connectivity index (χ3v) is 4.00. The number of carbonyl (C=O) groups is 1. The highest BCUT2D eigenvalue weighted by molar-refractivity contribution is 6.10. The normalized spacial score (nSPS) is 12.2. The molecule has 0 aromatic heterocycles. The lowest BCUT2D eigenvalue weighted by Gasteiger charge is -2.15. The number of anilines is 1. The van der Waals surface area contributed by atoms with Gasteiger partial charge in [-0.1, -0.05) is 24.3 Å². The number of nitrogens with one attached hydrogen (secondary N) is 1. The number of hydrogen-bond acceptors (Lipinski definition) is 2. The number of benzene rings is 3. The van der Waals surface area contributed by atoms with Crippen molar-refractivity contribution < 1.29 is 36.2 Å². The van der Waals surface area contributed by atoms with E-state index in [2.05, 4.69) is 5.32 Å². The minimum atomic E-state index is -5.05. The molecule has 9 heteroatoms. The van der Waals surface area contributed by atoms with Gasteiger partial charge < -0.3 is 10.4 Å². The number of carbonyl (C=O) groups excluding carboxylic acids is 1. The second-order valence-electron chi connectivity index (χ2n) is 5.93. The van der Waals surface area contributed by atoms with Gasteiger partial charge in [-0.25, -0.2) is 0 Å². The monoisotopic (exact) mass is 399 g/mol. The van der Waals surface area contributed by atoms with Crippen molar-refractivity contribution >= 4 is 22.4 Å². The SMILES string of the molecule is O=C(Nc1cccc2c(O)cccc12)c1cc(C(F)(F)F)cc(C(F)(F)F)c1. The van der Waals surface area contributed by atoms with Crippen LogP contribution in [-0.2, 0) is 12.4 Å². The minimum Gasteiger partial charge on any atom is -0.507 e. The summed E-state index contributed by atoms with van der Waals surface area (Å²) < 4.78 is 77.7. The van der Waals surface area contributed by atoms with Crippen LogP contribution in [0.3, 0.4) is 0 Å². The molecule has 0 aliphatic rings. The lowest BCUT2D eigenvalue weighted by Crippen LogP contribution is -2.17. The van der Waals surface area contributed by atoms with E-state index in [9.17, 15) is 36.2 Å². The zero-order chi connectivity index (χ0) is 20.7. The van der Waals surface area contributed by atoms with Crippen molar-refractivity contribution in [2.24, 2.45) is 0 Å². The fraction of sp³-hybridized carbons (Fsp3) is 0.105. The third kappa shape index (κ3) is 3.88. The average Bonchev–Trinajstić information content (AvgIpc) is 2.61. The Labute approximate surface area is 154 Å². The molecule has 0 radical (unpaired) electrons. The van der Waals surface area contributed by atoms with E-state index in [0.717, 1.165) is 0 Å². The highest BCUT2D eigenvalue weighted by Crippen LogP contribution is 2.37. The fourth-order valence-corrected chi connectivity index (χ4v) is 2.68. The predicted molar refractivity (Wildman–Crippen MR) is 90.0 cm³/mol. The van der Waals surface area contributed by atoms with Gasteiger partial charge in [0.15, 0.2) is 0 Å². The first-order chi connectivity index (χ1) is 13.0. The van der Waals surface area contributed by atoms with Crippen LogP contribution in [0.15, 0.2) is 54.6 Å². The first-order valence-corrected chi connectivity index (χ1v) is 7.78. The van der Waals surface area contributed by atoms with Gasteiger partial charge in [0.1, 0.15) is 5.75 Å². The molecule has 0 saturated carbocycles. The smallest absolute Gasteiger partial charge is 0.416 e.